The molecule has 4 fully saturated rings. The maximum Gasteiger partial charge on any atom is 0.223 e. The Bertz CT molecular complexity index is 542. The summed E-state index contributed by atoms with van der Waals surface area (Å²) in [5.41, 5.74) is 0. The van der Waals surface area contributed by atoms with Crippen LogP contribution in [-0.4, -0.2) is 49.3 Å². The Hall–Kier alpha value is -1.14. The van der Waals surface area contributed by atoms with E-state index in [9.17, 15) is 9.59 Å². The van der Waals surface area contributed by atoms with Crippen LogP contribution in [0.2, 0.25) is 0 Å². The molecular formula is C21H34N2O4. The second-order valence-corrected chi connectivity index (χ2v) is 8.96. The molecule has 2 aliphatic carbocycles. The fraction of sp³-hybridized carbons (Fsp3) is 0.905. The number of rotatable bonds is 7. The van der Waals surface area contributed by atoms with Gasteiger partial charge in [0, 0.05) is 11.8 Å². The molecule has 2 aliphatic heterocycles. The highest BCUT2D eigenvalue weighted by Crippen LogP contribution is 2.34. The number of unbranched alkanes of at least 4 members (excludes halogenated alkanes) is 1. The van der Waals surface area contributed by atoms with Crippen molar-refractivity contribution in [3.05, 3.63) is 0 Å². The van der Waals surface area contributed by atoms with Crippen molar-refractivity contribution in [2.75, 3.05) is 13.2 Å². The quantitative estimate of drug-likeness (QED) is 0.712. The van der Waals surface area contributed by atoms with Gasteiger partial charge in [-0.25, -0.2) is 0 Å². The zero-order valence-electron chi connectivity index (χ0n) is 16.5. The van der Waals surface area contributed by atoms with E-state index in [0.717, 1.165) is 31.6 Å². The van der Waals surface area contributed by atoms with Gasteiger partial charge in [-0.05, 0) is 44.4 Å². The smallest absolute Gasteiger partial charge is 0.223 e. The number of hydrogen-bond donors (Lipinski definition) is 2. The fourth-order valence-corrected chi connectivity index (χ4v) is 4.90. The van der Waals surface area contributed by atoms with Gasteiger partial charge >= 0.3 is 0 Å². The summed E-state index contributed by atoms with van der Waals surface area (Å²) in [5.74, 6) is 1.41. The lowest BCUT2D eigenvalue weighted by Gasteiger charge is -2.29. The first-order chi connectivity index (χ1) is 13.2. The molecule has 2 saturated carbocycles. The maximum atomic E-state index is 12.7. The van der Waals surface area contributed by atoms with E-state index in [1.54, 1.807) is 0 Å². The van der Waals surface area contributed by atoms with Crippen LogP contribution in [0.5, 0.6) is 0 Å². The number of fused-ring (bicyclic) bond motifs is 1. The van der Waals surface area contributed by atoms with Crippen LogP contribution < -0.4 is 10.6 Å². The summed E-state index contributed by atoms with van der Waals surface area (Å²) < 4.78 is 11.8. The second-order valence-electron chi connectivity index (χ2n) is 8.96. The Morgan fingerprint density at radius 2 is 1.30 bits per heavy atom. The molecule has 6 heteroatoms. The maximum absolute atomic E-state index is 12.7. The average Bonchev–Trinajstić information content (AvgIpc) is 3.36. The summed E-state index contributed by atoms with van der Waals surface area (Å²) in [5, 5.41) is 6.25. The zero-order valence-corrected chi connectivity index (χ0v) is 16.5. The van der Waals surface area contributed by atoms with Crippen molar-refractivity contribution < 1.29 is 19.1 Å². The summed E-state index contributed by atoms with van der Waals surface area (Å²) in [6.45, 7) is 3.19. The van der Waals surface area contributed by atoms with Crippen LogP contribution in [-0.2, 0) is 19.1 Å². The van der Waals surface area contributed by atoms with Crippen LogP contribution in [0.3, 0.4) is 0 Å². The van der Waals surface area contributed by atoms with Gasteiger partial charge in [-0.1, -0.05) is 26.2 Å². The molecule has 152 valence electrons. The van der Waals surface area contributed by atoms with Gasteiger partial charge in [-0.15, -0.1) is 0 Å². The van der Waals surface area contributed by atoms with E-state index >= 15 is 0 Å². The lowest BCUT2D eigenvalue weighted by molar-refractivity contribution is -0.127. The Morgan fingerprint density at radius 3 is 1.74 bits per heavy atom. The highest BCUT2D eigenvalue weighted by atomic mass is 16.6. The molecule has 0 aromatic heterocycles. The molecule has 2 N–H and O–H groups in total. The molecule has 0 aromatic rings. The van der Waals surface area contributed by atoms with Gasteiger partial charge in [0.2, 0.25) is 11.8 Å². The predicted molar refractivity (Wildman–Crippen MR) is 101 cm³/mol. The fourth-order valence-electron chi connectivity index (χ4n) is 4.90. The second kappa shape index (κ2) is 8.48. The molecule has 0 aromatic carbocycles. The van der Waals surface area contributed by atoms with Crippen LogP contribution in [0.1, 0.15) is 64.7 Å². The van der Waals surface area contributed by atoms with Crippen molar-refractivity contribution in [3.63, 3.8) is 0 Å². The molecule has 0 bridgehead atoms. The normalized spacial score (nSPS) is 38.4. The van der Waals surface area contributed by atoms with Gasteiger partial charge in [0.25, 0.3) is 0 Å². The Morgan fingerprint density at radius 1 is 0.815 bits per heavy atom. The molecule has 0 radical (unpaired) electrons. The highest BCUT2D eigenvalue weighted by molar-refractivity contribution is 5.81. The molecule has 4 rings (SSSR count). The minimum absolute atomic E-state index is 0.0843. The van der Waals surface area contributed by atoms with E-state index in [1.807, 2.05) is 0 Å². The Kier molecular flexibility index (Phi) is 6.02. The molecule has 4 atom stereocenters. The third-order valence-electron chi connectivity index (χ3n) is 6.84. The molecule has 2 amide bonds. The van der Waals surface area contributed by atoms with Crippen LogP contribution in [0, 0.1) is 17.8 Å². The van der Waals surface area contributed by atoms with Gasteiger partial charge in [0.15, 0.2) is 0 Å². The summed E-state index contributed by atoms with van der Waals surface area (Å²) in [7, 11) is 0. The first-order valence-corrected chi connectivity index (χ1v) is 11.0. The topological polar surface area (TPSA) is 76.7 Å². The van der Waals surface area contributed by atoms with E-state index in [0.29, 0.717) is 13.2 Å². The van der Waals surface area contributed by atoms with Gasteiger partial charge in [0.05, 0.1) is 25.3 Å². The van der Waals surface area contributed by atoms with E-state index in [2.05, 4.69) is 17.6 Å². The predicted octanol–water partition coefficient (Wildman–Crippen LogP) is 2.16. The summed E-state index contributed by atoms with van der Waals surface area (Å²) in [4.78, 5) is 24.7. The van der Waals surface area contributed by atoms with Gasteiger partial charge in [0.1, 0.15) is 12.2 Å². The molecular weight excluding hydrogens is 344 g/mol. The Labute approximate surface area is 162 Å². The number of amides is 2. The third kappa shape index (κ3) is 4.48. The highest BCUT2D eigenvalue weighted by Gasteiger charge is 2.49. The van der Waals surface area contributed by atoms with Crippen molar-refractivity contribution in [2.45, 2.75) is 89.0 Å². The van der Waals surface area contributed by atoms with E-state index < -0.39 is 0 Å². The Balaban J connectivity index is 1.22. The molecule has 6 nitrogen and oxygen atoms in total. The summed E-state index contributed by atoms with van der Waals surface area (Å²) in [6.07, 6.45) is 9.95. The number of nitrogens with one attached hydrogen (secondary N) is 2. The van der Waals surface area contributed by atoms with Gasteiger partial charge in [-0.3, -0.25) is 9.59 Å². The first kappa shape index (κ1) is 19.2. The third-order valence-corrected chi connectivity index (χ3v) is 6.84. The number of hydrogen-bond acceptors (Lipinski definition) is 4. The molecule has 0 unspecified atom stereocenters. The van der Waals surface area contributed by atoms with Gasteiger partial charge < -0.3 is 20.1 Å². The van der Waals surface area contributed by atoms with Crippen molar-refractivity contribution in [3.8, 4) is 0 Å². The van der Waals surface area contributed by atoms with E-state index in [4.69, 9.17) is 9.47 Å². The monoisotopic (exact) mass is 378 g/mol. The number of carbonyl (C=O) groups excluding carboxylic acids is 2. The molecule has 0 spiro atoms. The van der Waals surface area contributed by atoms with Crippen LogP contribution >= 0.6 is 0 Å². The lowest BCUT2D eigenvalue weighted by atomic mass is 9.79. The zero-order chi connectivity index (χ0) is 18.8. The SMILES string of the molecule is CCCCC1CCC(C(=O)N[C@H]2CO[C@H]3[C@@H]2OC[C@@H]3NC(=O)C2CC2)CC1. The number of carbonyl (C=O) groups is 2. The minimum atomic E-state index is -0.139. The van der Waals surface area contributed by atoms with E-state index in [-0.39, 0.29) is 47.9 Å². The van der Waals surface area contributed by atoms with Crippen molar-refractivity contribution in [2.24, 2.45) is 17.8 Å². The molecule has 2 heterocycles. The average molecular weight is 379 g/mol. The summed E-state index contributed by atoms with van der Waals surface area (Å²) in [6, 6.07) is -0.179. The number of ether oxygens (including phenoxy) is 2. The van der Waals surface area contributed by atoms with Crippen molar-refractivity contribution in [1.82, 2.24) is 10.6 Å². The minimum Gasteiger partial charge on any atom is -0.371 e. The van der Waals surface area contributed by atoms with Crippen molar-refractivity contribution >= 4 is 11.8 Å². The lowest BCUT2D eigenvalue weighted by Crippen LogP contribution is -2.48. The summed E-state index contributed by atoms with van der Waals surface area (Å²) >= 11 is 0. The largest absolute Gasteiger partial charge is 0.371 e. The standard InChI is InChI=1S/C21H34N2O4/c1-2-3-4-13-5-7-14(8-6-13)20(24)22-16-11-26-19-17(12-27-18(16)19)23-21(25)15-9-10-15/h13-19H,2-12H2,1H3,(H,22,24)(H,23,25)/t13?,14?,16-,17-,18+,19+/m0/s1. The van der Waals surface area contributed by atoms with E-state index in [1.165, 1.54) is 32.1 Å². The van der Waals surface area contributed by atoms with Crippen LogP contribution in [0.15, 0.2) is 0 Å². The first-order valence-electron chi connectivity index (χ1n) is 11.0. The molecule has 2 saturated heterocycles. The van der Waals surface area contributed by atoms with Crippen molar-refractivity contribution in [1.29, 1.82) is 0 Å². The van der Waals surface area contributed by atoms with Gasteiger partial charge in [-0.2, -0.15) is 0 Å². The molecule has 27 heavy (non-hydrogen) atoms. The van der Waals surface area contributed by atoms with Crippen LogP contribution in [0.25, 0.3) is 0 Å². The van der Waals surface area contributed by atoms with Crippen LogP contribution in [0.4, 0.5) is 0 Å². The molecule has 4 aliphatic rings.